The second-order valence-corrected chi connectivity index (χ2v) is 9.14. The van der Waals surface area contributed by atoms with Crippen LogP contribution in [0.2, 0.25) is 10.0 Å². The van der Waals surface area contributed by atoms with Crippen molar-refractivity contribution in [2.24, 2.45) is 11.7 Å². The van der Waals surface area contributed by atoms with Crippen LogP contribution in [-0.4, -0.2) is 33.6 Å². The van der Waals surface area contributed by atoms with Gasteiger partial charge < -0.3 is 25.7 Å². The number of urea groups is 1. The van der Waals surface area contributed by atoms with E-state index in [0.29, 0.717) is 35.3 Å². The molecule has 0 bridgehead atoms. The molecule has 0 radical (unpaired) electrons. The number of nitrogen functional groups attached to an aromatic ring is 1. The van der Waals surface area contributed by atoms with E-state index in [1.54, 1.807) is 18.0 Å². The van der Waals surface area contributed by atoms with Gasteiger partial charge in [0.1, 0.15) is 11.9 Å². The first-order valence-electron chi connectivity index (χ1n) is 10.8. The fraction of sp³-hybridized carbons (Fsp3) is 0.391. The van der Waals surface area contributed by atoms with Crippen LogP contribution in [0.15, 0.2) is 30.6 Å². The fourth-order valence-electron chi connectivity index (χ4n) is 4.38. The highest BCUT2D eigenvalue weighted by Gasteiger charge is 2.23. The Hall–Kier alpha value is -2.71. The van der Waals surface area contributed by atoms with Crippen LogP contribution in [-0.2, 0) is 6.54 Å². The molecule has 1 atom stereocenters. The second kappa shape index (κ2) is 9.65. The van der Waals surface area contributed by atoms with Gasteiger partial charge in [0.2, 0.25) is 0 Å². The van der Waals surface area contributed by atoms with Gasteiger partial charge in [0.25, 0.3) is 0 Å². The van der Waals surface area contributed by atoms with Crippen molar-refractivity contribution >= 4 is 46.0 Å². The van der Waals surface area contributed by atoms with Gasteiger partial charge in [-0.1, -0.05) is 23.2 Å². The van der Waals surface area contributed by atoms with Gasteiger partial charge in [-0.15, -0.1) is 0 Å². The Bertz CT molecular complexity index is 1180. The average molecular weight is 494 g/mol. The molecule has 1 aliphatic rings. The topological polar surface area (TPSA) is 99.4 Å². The number of amides is 2. The molecule has 3 heterocycles. The molecule has 2 amide bonds. The molecule has 10 heteroatoms. The molecule has 0 saturated carbocycles. The first-order chi connectivity index (χ1) is 15.8. The molecule has 1 aromatic carbocycles. The van der Waals surface area contributed by atoms with Gasteiger partial charge >= 0.3 is 6.03 Å². The van der Waals surface area contributed by atoms with Crippen molar-refractivity contribution in [3.05, 3.63) is 52.0 Å². The van der Waals surface area contributed by atoms with Gasteiger partial charge in [-0.2, -0.15) is 0 Å². The van der Waals surface area contributed by atoms with Crippen molar-refractivity contribution in [1.29, 1.82) is 0 Å². The number of aromatic nitrogens is 2. The Balaban J connectivity index is 1.51. The zero-order valence-corrected chi connectivity index (χ0v) is 19.7. The number of aryl methyl sites for hydroxylation is 1. The standard InChI is InChI=1S/C23H26Cl2FN5O2/c1-13(19-16(24)2-3-17(26)20(19)25)33-21-15-7-11-30(18(15)12-29-22(21)27)8-4-14-5-9-31(10-6-14)23(28)32/h2-3,7,11-14H,4-6,8-10H2,1H3,(H2,27,29)(H2,28,32)/t13-/m1/s1. The number of nitrogens with two attached hydrogens (primary N) is 2. The third-order valence-electron chi connectivity index (χ3n) is 6.29. The lowest BCUT2D eigenvalue weighted by Gasteiger charge is -2.30. The van der Waals surface area contributed by atoms with Crippen molar-refractivity contribution in [3.63, 3.8) is 0 Å². The fourth-order valence-corrected chi connectivity index (χ4v) is 5.06. The number of carbonyl (C=O) groups excluding carboxylic acids is 1. The maximum absolute atomic E-state index is 14.0. The van der Waals surface area contributed by atoms with Crippen LogP contribution in [0.5, 0.6) is 5.75 Å². The number of hydrogen-bond donors (Lipinski definition) is 2. The molecular weight excluding hydrogens is 468 g/mol. The van der Waals surface area contributed by atoms with E-state index in [1.807, 2.05) is 12.3 Å². The van der Waals surface area contributed by atoms with Crippen LogP contribution >= 0.6 is 23.2 Å². The summed E-state index contributed by atoms with van der Waals surface area (Å²) < 4.78 is 22.2. The molecule has 3 aromatic rings. The summed E-state index contributed by atoms with van der Waals surface area (Å²) in [5, 5.41) is 1.04. The van der Waals surface area contributed by atoms with E-state index >= 15 is 0 Å². The Labute approximate surface area is 201 Å². The van der Waals surface area contributed by atoms with Gasteiger partial charge in [0.05, 0.1) is 16.7 Å². The van der Waals surface area contributed by atoms with E-state index in [9.17, 15) is 9.18 Å². The molecule has 0 aliphatic carbocycles. The lowest BCUT2D eigenvalue weighted by Crippen LogP contribution is -2.41. The van der Waals surface area contributed by atoms with Crippen LogP contribution in [0.1, 0.15) is 37.9 Å². The summed E-state index contributed by atoms with van der Waals surface area (Å²) in [4.78, 5) is 17.3. The number of anilines is 1. The van der Waals surface area contributed by atoms with Gasteiger partial charge in [-0.05, 0) is 50.3 Å². The third kappa shape index (κ3) is 4.82. The molecule has 2 aromatic heterocycles. The minimum Gasteiger partial charge on any atom is -0.481 e. The minimum atomic E-state index is -0.644. The van der Waals surface area contributed by atoms with Crippen LogP contribution in [0, 0.1) is 11.7 Å². The number of hydrogen-bond acceptors (Lipinski definition) is 4. The Morgan fingerprint density at radius 3 is 2.73 bits per heavy atom. The van der Waals surface area contributed by atoms with E-state index in [1.165, 1.54) is 12.1 Å². The predicted molar refractivity (Wildman–Crippen MR) is 128 cm³/mol. The van der Waals surface area contributed by atoms with E-state index in [0.717, 1.165) is 36.7 Å². The van der Waals surface area contributed by atoms with E-state index < -0.39 is 11.9 Å². The molecule has 1 fully saturated rings. The number of carbonyl (C=O) groups is 1. The molecule has 176 valence electrons. The lowest BCUT2D eigenvalue weighted by molar-refractivity contribution is 0.175. The normalized spacial score (nSPS) is 15.7. The first kappa shape index (κ1) is 23.4. The van der Waals surface area contributed by atoms with Crippen molar-refractivity contribution in [2.75, 3.05) is 18.8 Å². The molecule has 0 unspecified atom stereocenters. The lowest BCUT2D eigenvalue weighted by atomic mass is 9.94. The van der Waals surface area contributed by atoms with E-state index in [2.05, 4.69) is 9.55 Å². The zero-order chi connectivity index (χ0) is 23.7. The Kier molecular flexibility index (Phi) is 6.86. The van der Waals surface area contributed by atoms with E-state index in [4.69, 9.17) is 39.4 Å². The molecular formula is C23H26Cl2FN5O2. The zero-order valence-electron chi connectivity index (χ0n) is 18.2. The summed E-state index contributed by atoms with van der Waals surface area (Å²) in [5.74, 6) is 0.593. The quantitative estimate of drug-likeness (QED) is 0.449. The number of pyridine rings is 1. The maximum Gasteiger partial charge on any atom is 0.314 e. The summed E-state index contributed by atoms with van der Waals surface area (Å²) in [5.41, 5.74) is 12.7. The highest BCUT2D eigenvalue weighted by molar-refractivity contribution is 6.36. The smallest absolute Gasteiger partial charge is 0.314 e. The van der Waals surface area contributed by atoms with Gasteiger partial charge in [0.15, 0.2) is 11.6 Å². The predicted octanol–water partition coefficient (Wildman–Crippen LogP) is 5.39. The Morgan fingerprint density at radius 2 is 2.03 bits per heavy atom. The number of nitrogens with zero attached hydrogens (tertiary/aromatic N) is 3. The van der Waals surface area contributed by atoms with Crippen molar-refractivity contribution in [3.8, 4) is 5.75 Å². The monoisotopic (exact) mass is 493 g/mol. The molecule has 7 nitrogen and oxygen atoms in total. The van der Waals surface area contributed by atoms with Gasteiger partial charge in [-0.25, -0.2) is 14.2 Å². The van der Waals surface area contributed by atoms with Gasteiger partial charge in [0, 0.05) is 41.8 Å². The Morgan fingerprint density at radius 1 is 1.30 bits per heavy atom. The number of rotatable bonds is 6. The summed E-state index contributed by atoms with van der Waals surface area (Å²) in [7, 11) is 0. The van der Waals surface area contributed by atoms with Crippen molar-refractivity contribution < 1.29 is 13.9 Å². The van der Waals surface area contributed by atoms with Crippen LogP contribution < -0.4 is 16.2 Å². The number of primary amides is 1. The minimum absolute atomic E-state index is 0.0753. The molecule has 4 rings (SSSR count). The second-order valence-electron chi connectivity index (χ2n) is 8.35. The summed E-state index contributed by atoms with van der Waals surface area (Å²) in [6.45, 7) is 3.93. The molecule has 1 aliphatic heterocycles. The average Bonchev–Trinajstić information content (AvgIpc) is 3.20. The SMILES string of the molecule is C[C@@H](Oc1c(N)ncc2c1ccn2CCC1CCN(C(N)=O)CC1)c1c(Cl)ccc(F)c1Cl. The first-order valence-corrected chi connectivity index (χ1v) is 11.6. The molecule has 0 spiro atoms. The van der Waals surface area contributed by atoms with Crippen molar-refractivity contribution in [1.82, 2.24) is 14.5 Å². The highest BCUT2D eigenvalue weighted by atomic mass is 35.5. The number of halogens is 3. The third-order valence-corrected chi connectivity index (χ3v) is 7.01. The van der Waals surface area contributed by atoms with Crippen molar-refractivity contribution in [2.45, 2.75) is 38.8 Å². The summed E-state index contributed by atoms with van der Waals surface area (Å²) >= 11 is 12.4. The molecule has 33 heavy (non-hydrogen) atoms. The number of piperidine rings is 1. The molecule has 1 saturated heterocycles. The van der Waals surface area contributed by atoms with E-state index in [-0.39, 0.29) is 16.9 Å². The van der Waals surface area contributed by atoms with Crippen LogP contribution in [0.3, 0.4) is 0 Å². The van der Waals surface area contributed by atoms with Crippen LogP contribution in [0.4, 0.5) is 15.0 Å². The summed E-state index contributed by atoms with van der Waals surface area (Å²) in [6, 6.07) is 4.25. The highest BCUT2D eigenvalue weighted by Crippen LogP contribution is 2.39. The van der Waals surface area contributed by atoms with Crippen LogP contribution in [0.25, 0.3) is 10.9 Å². The number of likely N-dealkylation sites (tertiary alicyclic amines) is 1. The van der Waals surface area contributed by atoms with Gasteiger partial charge in [-0.3, -0.25) is 0 Å². The maximum atomic E-state index is 14.0. The summed E-state index contributed by atoms with van der Waals surface area (Å²) in [6.07, 6.45) is 5.91. The largest absolute Gasteiger partial charge is 0.481 e. The number of fused-ring (bicyclic) bond motifs is 1. The number of benzene rings is 1. The molecule has 4 N–H and O–H groups in total. The number of ether oxygens (including phenoxy) is 1.